The quantitative estimate of drug-likeness (QED) is 0.213. The van der Waals surface area contributed by atoms with Crippen LogP contribution < -0.4 is 10.2 Å². The number of phenolic OH excluding ortho intramolecular Hbond substituents is 1. The van der Waals surface area contributed by atoms with Crippen molar-refractivity contribution in [1.29, 1.82) is 0 Å². The molecule has 0 radical (unpaired) electrons. The number of hydrogen-bond donors (Lipinski definition) is 2. The highest BCUT2D eigenvalue weighted by Gasteiger charge is 2.13. The topological polar surface area (TPSA) is 131 Å². The molecule has 1 amide bonds. The van der Waals surface area contributed by atoms with Gasteiger partial charge in [0.05, 0.1) is 16.7 Å². The smallest absolute Gasteiger partial charge is 0.343 e. The second kappa shape index (κ2) is 9.11. The predicted molar refractivity (Wildman–Crippen MR) is 108 cm³/mol. The fourth-order valence-electron chi connectivity index (χ4n) is 2.41. The molecule has 3 aromatic rings. The first-order chi connectivity index (χ1) is 14.4. The third-order valence-corrected chi connectivity index (χ3v) is 3.87. The minimum absolute atomic E-state index is 0.0458. The van der Waals surface area contributed by atoms with Gasteiger partial charge in [-0.1, -0.05) is 18.2 Å². The average Bonchev–Trinajstić information content (AvgIpc) is 2.74. The van der Waals surface area contributed by atoms with Crippen molar-refractivity contribution in [3.05, 3.63) is 99.6 Å². The minimum Gasteiger partial charge on any atom is -0.508 e. The molecule has 0 bridgehead atoms. The van der Waals surface area contributed by atoms with E-state index in [9.17, 15) is 24.8 Å². The van der Waals surface area contributed by atoms with Crippen molar-refractivity contribution in [2.24, 2.45) is 5.10 Å². The zero-order chi connectivity index (χ0) is 21.5. The van der Waals surface area contributed by atoms with Crippen LogP contribution in [0.2, 0.25) is 0 Å². The molecule has 2 N–H and O–H groups in total. The molecule has 0 heterocycles. The number of nitro benzene ring substituents is 1. The molecule has 0 aliphatic heterocycles. The molecule has 0 aromatic heterocycles. The van der Waals surface area contributed by atoms with Gasteiger partial charge in [-0.15, -0.1) is 0 Å². The lowest BCUT2D eigenvalue weighted by Gasteiger charge is -2.05. The first-order valence-electron chi connectivity index (χ1n) is 8.61. The monoisotopic (exact) mass is 405 g/mol. The van der Waals surface area contributed by atoms with Gasteiger partial charge in [-0.2, -0.15) is 5.10 Å². The van der Waals surface area contributed by atoms with E-state index in [-0.39, 0.29) is 22.7 Å². The summed E-state index contributed by atoms with van der Waals surface area (Å²) in [5.41, 5.74) is 3.05. The van der Waals surface area contributed by atoms with Gasteiger partial charge in [-0.3, -0.25) is 14.9 Å². The lowest BCUT2D eigenvalue weighted by molar-refractivity contribution is -0.384. The zero-order valence-corrected chi connectivity index (χ0v) is 15.4. The number of amides is 1. The Bertz CT molecular complexity index is 1130. The highest BCUT2D eigenvalue weighted by Crippen LogP contribution is 2.17. The van der Waals surface area contributed by atoms with Crippen molar-refractivity contribution >= 4 is 23.8 Å². The van der Waals surface area contributed by atoms with E-state index in [1.807, 2.05) is 0 Å². The normalized spacial score (nSPS) is 10.5. The average molecular weight is 405 g/mol. The number of rotatable bonds is 6. The Morgan fingerprint density at radius 2 is 1.73 bits per heavy atom. The van der Waals surface area contributed by atoms with Gasteiger partial charge in [0.15, 0.2) is 0 Å². The zero-order valence-electron chi connectivity index (χ0n) is 15.4. The van der Waals surface area contributed by atoms with Crippen LogP contribution in [0.4, 0.5) is 5.69 Å². The van der Waals surface area contributed by atoms with Crippen LogP contribution in [0.15, 0.2) is 77.9 Å². The largest absolute Gasteiger partial charge is 0.508 e. The molecule has 0 saturated heterocycles. The third kappa shape index (κ3) is 5.26. The molecule has 0 saturated carbocycles. The fourth-order valence-corrected chi connectivity index (χ4v) is 2.41. The number of carbonyl (C=O) groups is 2. The van der Waals surface area contributed by atoms with E-state index in [2.05, 4.69) is 10.5 Å². The number of benzene rings is 3. The van der Waals surface area contributed by atoms with Gasteiger partial charge in [0, 0.05) is 17.7 Å². The number of esters is 1. The number of nitrogens with one attached hydrogen (secondary N) is 1. The van der Waals surface area contributed by atoms with E-state index >= 15 is 0 Å². The minimum atomic E-state index is -0.742. The summed E-state index contributed by atoms with van der Waals surface area (Å²) in [7, 11) is 0. The maximum Gasteiger partial charge on any atom is 0.343 e. The van der Waals surface area contributed by atoms with Crippen molar-refractivity contribution in [3.63, 3.8) is 0 Å². The Morgan fingerprint density at radius 1 is 1.00 bits per heavy atom. The van der Waals surface area contributed by atoms with E-state index in [0.717, 1.165) is 6.07 Å². The van der Waals surface area contributed by atoms with Crippen LogP contribution in [-0.2, 0) is 0 Å². The number of hydrazone groups is 1. The molecule has 150 valence electrons. The summed E-state index contributed by atoms with van der Waals surface area (Å²) >= 11 is 0. The Morgan fingerprint density at radius 3 is 2.47 bits per heavy atom. The summed E-state index contributed by atoms with van der Waals surface area (Å²) in [6.07, 6.45) is 1.36. The van der Waals surface area contributed by atoms with Gasteiger partial charge in [-0.25, -0.2) is 10.2 Å². The number of ether oxygens (including phenoxy) is 1. The summed E-state index contributed by atoms with van der Waals surface area (Å²) < 4.78 is 5.25. The second-order valence-corrected chi connectivity index (χ2v) is 6.02. The summed E-state index contributed by atoms with van der Waals surface area (Å²) in [6.45, 7) is 0. The molecule has 0 fully saturated rings. The van der Waals surface area contributed by atoms with E-state index in [1.54, 1.807) is 18.2 Å². The first-order valence-corrected chi connectivity index (χ1v) is 8.61. The van der Waals surface area contributed by atoms with E-state index < -0.39 is 16.8 Å². The number of non-ortho nitro benzene ring substituents is 1. The van der Waals surface area contributed by atoms with Crippen LogP contribution >= 0.6 is 0 Å². The lowest BCUT2D eigenvalue weighted by Crippen LogP contribution is -2.17. The van der Waals surface area contributed by atoms with E-state index in [4.69, 9.17) is 4.74 Å². The molecular formula is C21H15N3O6. The van der Waals surface area contributed by atoms with Gasteiger partial charge in [0.25, 0.3) is 11.6 Å². The van der Waals surface area contributed by atoms with Crippen molar-refractivity contribution in [2.75, 3.05) is 0 Å². The molecule has 3 aromatic carbocycles. The summed E-state index contributed by atoms with van der Waals surface area (Å²) in [5.74, 6) is -0.945. The molecule has 0 unspecified atom stereocenters. The Hall–Kier alpha value is -4.53. The fraction of sp³-hybridized carbons (Fsp3) is 0. The maximum absolute atomic E-state index is 12.2. The molecule has 0 atom stereocenters. The number of hydrogen-bond acceptors (Lipinski definition) is 7. The molecule has 0 aliphatic rings. The molecule has 9 heteroatoms. The van der Waals surface area contributed by atoms with Crippen LogP contribution in [0.5, 0.6) is 11.5 Å². The van der Waals surface area contributed by atoms with Crippen LogP contribution in [0, 0.1) is 10.1 Å². The van der Waals surface area contributed by atoms with Gasteiger partial charge in [0.1, 0.15) is 11.5 Å². The number of nitro groups is 1. The number of nitrogens with zero attached hydrogens (tertiary/aromatic N) is 2. The molecule has 30 heavy (non-hydrogen) atoms. The Labute approximate surface area is 170 Å². The van der Waals surface area contributed by atoms with Crippen molar-refractivity contribution in [1.82, 2.24) is 5.43 Å². The number of phenols is 1. The number of aromatic hydroxyl groups is 1. The molecule has 3 rings (SSSR count). The van der Waals surface area contributed by atoms with E-state index in [1.165, 1.54) is 54.7 Å². The summed E-state index contributed by atoms with van der Waals surface area (Å²) in [6, 6.07) is 17.3. The Balaban J connectivity index is 1.64. The lowest BCUT2D eigenvalue weighted by atomic mass is 10.2. The highest BCUT2D eigenvalue weighted by molar-refractivity contribution is 5.95. The molecular weight excluding hydrogens is 390 g/mol. The van der Waals surface area contributed by atoms with Crippen molar-refractivity contribution in [2.45, 2.75) is 0 Å². The third-order valence-electron chi connectivity index (χ3n) is 3.87. The molecule has 0 aliphatic carbocycles. The van der Waals surface area contributed by atoms with Gasteiger partial charge in [0.2, 0.25) is 0 Å². The highest BCUT2D eigenvalue weighted by atomic mass is 16.6. The molecule has 0 spiro atoms. The van der Waals surface area contributed by atoms with E-state index in [0.29, 0.717) is 11.1 Å². The predicted octanol–water partition coefficient (Wildman–Crippen LogP) is 3.28. The maximum atomic E-state index is 12.2. The summed E-state index contributed by atoms with van der Waals surface area (Å²) in [4.78, 5) is 34.4. The standard InChI is InChI=1S/C21H15N3O6/c25-18-9-7-15(8-10-18)20(26)23-22-13-14-3-1-6-19(11-14)30-21(27)16-4-2-5-17(12-16)24(28)29/h1-13,25H,(H,23,26). The second-order valence-electron chi connectivity index (χ2n) is 6.02. The molecule has 9 nitrogen and oxygen atoms in total. The van der Waals surface area contributed by atoms with Crippen LogP contribution in [0.3, 0.4) is 0 Å². The summed E-state index contributed by atoms with van der Waals surface area (Å²) in [5, 5.41) is 23.9. The van der Waals surface area contributed by atoms with Crippen LogP contribution in [-0.4, -0.2) is 28.1 Å². The van der Waals surface area contributed by atoms with Crippen molar-refractivity contribution < 1.29 is 24.4 Å². The van der Waals surface area contributed by atoms with Gasteiger partial charge < -0.3 is 9.84 Å². The Kier molecular flexibility index (Phi) is 6.14. The van der Waals surface area contributed by atoms with Gasteiger partial charge >= 0.3 is 5.97 Å². The van der Waals surface area contributed by atoms with Crippen LogP contribution in [0.1, 0.15) is 26.3 Å². The van der Waals surface area contributed by atoms with Crippen LogP contribution in [0.25, 0.3) is 0 Å². The SMILES string of the molecule is O=C(NN=Cc1cccc(OC(=O)c2cccc([N+](=O)[O-])c2)c1)c1ccc(O)cc1. The van der Waals surface area contributed by atoms with Gasteiger partial charge in [-0.05, 0) is 48.0 Å². The number of carbonyl (C=O) groups excluding carboxylic acids is 2. The first kappa shape index (κ1) is 20.2. The van der Waals surface area contributed by atoms with Crippen molar-refractivity contribution in [3.8, 4) is 11.5 Å².